The zero-order valence-electron chi connectivity index (χ0n) is 7.46. The van der Waals surface area contributed by atoms with Crippen LogP contribution in [0.25, 0.3) is 0 Å². The molecular weight excluding hydrogens is 299 g/mol. The van der Waals surface area contributed by atoms with Gasteiger partial charge in [0.25, 0.3) is 0 Å². The van der Waals surface area contributed by atoms with E-state index < -0.39 is 12.3 Å². The molecule has 1 aliphatic rings. The normalized spacial score (nSPS) is 26.9. The summed E-state index contributed by atoms with van der Waals surface area (Å²) in [7, 11) is 0. The number of benzene rings is 1. The summed E-state index contributed by atoms with van der Waals surface area (Å²) in [6.45, 7) is 0.337. The molecule has 0 saturated carbocycles. The highest BCUT2D eigenvalue weighted by molar-refractivity contribution is 14.1. The van der Waals surface area contributed by atoms with Gasteiger partial charge in [-0.15, -0.1) is 0 Å². The minimum absolute atomic E-state index is 0.168. The molecule has 0 bridgehead atoms. The summed E-state index contributed by atoms with van der Waals surface area (Å²) in [5.74, 6) is 0. The van der Waals surface area contributed by atoms with Crippen LogP contribution in [0.5, 0.6) is 0 Å². The molecule has 0 spiro atoms. The van der Waals surface area contributed by atoms with Crippen LogP contribution in [-0.2, 0) is 0 Å². The van der Waals surface area contributed by atoms with Gasteiger partial charge in [-0.1, -0.05) is 0 Å². The lowest BCUT2D eigenvalue weighted by Crippen LogP contribution is -2.19. The van der Waals surface area contributed by atoms with E-state index in [1.54, 1.807) is 4.90 Å². The van der Waals surface area contributed by atoms with Gasteiger partial charge in [0.05, 0.1) is 13.1 Å². The fraction of sp³-hybridized carbons (Fsp3) is 0.400. The summed E-state index contributed by atoms with van der Waals surface area (Å²) in [5.41, 5.74) is 0.896. The van der Waals surface area contributed by atoms with Gasteiger partial charge in [-0.25, -0.2) is 8.78 Å². The molecule has 1 nitrogen and oxygen atoms in total. The van der Waals surface area contributed by atoms with E-state index in [2.05, 4.69) is 22.6 Å². The maximum absolute atomic E-state index is 12.9. The molecule has 0 radical (unpaired) electrons. The predicted octanol–water partition coefficient (Wildman–Crippen LogP) is 2.79. The highest BCUT2D eigenvalue weighted by Crippen LogP contribution is 2.24. The van der Waals surface area contributed by atoms with Crippen molar-refractivity contribution in [2.24, 2.45) is 0 Å². The third-order valence-electron chi connectivity index (χ3n) is 2.37. The average Bonchev–Trinajstić information content (AvgIpc) is 2.48. The summed E-state index contributed by atoms with van der Waals surface area (Å²) >= 11 is 2.20. The molecule has 2 rings (SSSR count). The minimum Gasteiger partial charge on any atom is -0.365 e. The monoisotopic (exact) mass is 309 g/mol. The number of hydrogen-bond acceptors (Lipinski definition) is 1. The molecule has 14 heavy (non-hydrogen) atoms. The van der Waals surface area contributed by atoms with E-state index in [9.17, 15) is 8.78 Å². The van der Waals surface area contributed by atoms with Crippen LogP contribution >= 0.6 is 22.6 Å². The number of nitrogens with zero attached hydrogens (tertiary/aromatic N) is 1. The van der Waals surface area contributed by atoms with Crippen LogP contribution in [0.1, 0.15) is 0 Å². The Kier molecular flexibility index (Phi) is 2.90. The van der Waals surface area contributed by atoms with E-state index >= 15 is 0 Å². The first-order valence-electron chi connectivity index (χ1n) is 4.45. The Balaban J connectivity index is 2.13. The van der Waals surface area contributed by atoms with Crippen molar-refractivity contribution in [1.82, 2.24) is 0 Å². The van der Waals surface area contributed by atoms with Crippen molar-refractivity contribution in [3.8, 4) is 0 Å². The second-order valence-electron chi connectivity index (χ2n) is 3.41. The molecular formula is C10H10F2IN. The zero-order valence-corrected chi connectivity index (χ0v) is 9.62. The summed E-state index contributed by atoms with van der Waals surface area (Å²) < 4.78 is 27.0. The third kappa shape index (κ3) is 1.99. The van der Waals surface area contributed by atoms with Gasteiger partial charge in [0.1, 0.15) is 0 Å². The van der Waals surface area contributed by atoms with Gasteiger partial charge in [0, 0.05) is 9.26 Å². The van der Waals surface area contributed by atoms with Gasteiger partial charge in [0.2, 0.25) is 0 Å². The summed E-state index contributed by atoms with van der Waals surface area (Å²) in [5, 5.41) is 0. The minimum atomic E-state index is -1.34. The molecule has 76 valence electrons. The molecule has 0 amide bonds. The van der Waals surface area contributed by atoms with Crippen LogP contribution in [0.2, 0.25) is 0 Å². The van der Waals surface area contributed by atoms with Gasteiger partial charge in [-0.05, 0) is 46.9 Å². The van der Waals surface area contributed by atoms with Crippen LogP contribution in [0.3, 0.4) is 0 Å². The van der Waals surface area contributed by atoms with Crippen molar-refractivity contribution in [3.63, 3.8) is 0 Å². The molecule has 1 saturated heterocycles. The van der Waals surface area contributed by atoms with E-state index in [1.165, 1.54) is 0 Å². The third-order valence-corrected chi connectivity index (χ3v) is 3.09. The number of halogens is 3. The number of hydrogen-bond donors (Lipinski definition) is 0. The molecule has 0 unspecified atom stereocenters. The van der Waals surface area contributed by atoms with Crippen LogP contribution in [0.15, 0.2) is 24.3 Å². The topological polar surface area (TPSA) is 3.24 Å². The van der Waals surface area contributed by atoms with Crippen molar-refractivity contribution >= 4 is 28.3 Å². The second-order valence-corrected chi connectivity index (χ2v) is 4.66. The first-order chi connectivity index (χ1) is 6.66. The summed E-state index contributed by atoms with van der Waals surface area (Å²) in [6.07, 6.45) is -2.68. The first kappa shape index (κ1) is 10.1. The predicted molar refractivity (Wildman–Crippen MR) is 61.2 cm³/mol. The molecule has 1 heterocycles. The van der Waals surface area contributed by atoms with Gasteiger partial charge >= 0.3 is 0 Å². The van der Waals surface area contributed by atoms with Gasteiger partial charge in [-0.3, -0.25) is 0 Å². The van der Waals surface area contributed by atoms with Crippen molar-refractivity contribution in [2.75, 3.05) is 18.0 Å². The number of alkyl halides is 2. The van der Waals surface area contributed by atoms with Crippen LogP contribution < -0.4 is 4.90 Å². The van der Waals surface area contributed by atoms with E-state index in [1.807, 2.05) is 24.3 Å². The van der Waals surface area contributed by atoms with Gasteiger partial charge in [0.15, 0.2) is 12.3 Å². The highest BCUT2D eigenvalue weighted by Gasteiger charge is 2.32. The standard InChI is InChI=1S/C10H10F2IN/c11-9-5-14(6-10(9)12)8-3-1-7(13)2-4-8/h1-4,9-10H,5-6H2/t9-,10-/m1/s1. The fourth-order valence-corrected chi connectivity index (χ4v) is 1.95. The number of rotatable bonds is 1. The first-order valence-corrected chi connectivity index (χ1v) is 5.53. The highest BCUT2D eigenvalue weighted by atomic mass is 127. The second kappa shape index (κ2) is 4.00. The molecule has 1 aromatic carbocycles. The Bertz CT molecular complexity index is 304. The smallest absolute Gasteiger partial charge is 0.150 e. The Morgan fingerprint density at radius 1 is 1.07 bits per heavy atom. The Morgan fingerprint density at radius 2 is 1.57 bits per heavy atom. The quantitative estimate of drug-likeness (QED) is 0.721. The lowest BCUT2D eigenvalue weighted by Gasteiger charge is -2.16. The van der Waals surface area contributed by atoms with Crippen LogP contribution in [0, 0.1) is 3.57 Å². The molecule has 0 aromatic heterocycles. The Hall–Kier alpha value is -0.390. The van der Waals surface area contributed by atoms with E-state index in [4.69, 9.17) is 0 Å². The lowest BCUT2D eigenvalue weighted by atomic mass is 10.3. The lowest BCUT2D eigenvalue weighted by molar-refractivity contribution is 0.217. The summed E-state index contributed by atoms with van der Waals surface area (Å²) in [6, 6.07) is 7.67. The largest absolute Gasteiger partial charge is 0.365 e. The van der Waals surface area contributed by atoms with Crippen molar-refractivity contribution in [2.45, 2.75) is 12.3 Å². The van der Waals surface area contributed by atoms with Crippen molar-refractivity contribution in [3.05, 3.63) is 27.8 Å². The van der Waals surface area contributed by atoms with Crippen molar-refractivity contribution in [1.29, 1.82) is 0 Å². The fourth-order valence-electron chi connectivity index (χ4n) is 1.59. The molecule has 4 heteroatoms. The molecule has 0 N–H and O–H groups in total. The van der Waals surface area contributed by atoms with E-state index in [-0.39, 0.29) is 13.1 Å². The van der Waals surface area contributed by atoms with Crippen molar-refractivity contribution < 1.29 is 8.78 Å². The molecule has 1 aromatic rings. The molecule has 2 atom stereocenters. The molecule has 1 fully saturated rings. The maximum Gasteiger partial charge on any atom is 0.150 e. The Morgan fingerprint density at radius 3 is 2.07 bits per heavy atom. The van der Waals surface area contributed by atoms with E-state index in [0.717, 1.165) is 9.26 Å². The SMILES string of the molecule is F[C@@H]1CN(c2ccc(I)cc2)C[C@H]1F. The molecule has 1 aliphatic heterocycles. The Labute approximate surface area is 95.2 Å². The van der Waals surface area contributed by atoms with Crippen LogP contribution in [0.4, 0.5) is 14.5 Å². The number of anilines is 1. The van der Waals surface area contributed by atoms with Gasteiger partial charge < -0.3 is 4.90 Å². The average molecular weight is 309 g/mol. The van der Waals surface area contributed by atoms with Crippen LogP contribution in [-0.4, -0.2) is 25.4 Å². The maximum atomic E-state index is 12.9. The van der Waals surface area contributed by atoms with E-state index in [0.29, 0.717) is 0 Å². The van der Waals surface area contributed by atoms with Gasteiger partial charge in [-0.2, -0.15) is 0 Å². The zero-order chi connectivity index (χ0) is 10.1. The summed E-state index contributed by atoms with van der Waals surface area (Å²) in [4.78, 5) is 1.74. The molecule has 0 aliphatic carbocycles.